The number of ether oxygens (including phenoxy) is 1. The first-order chi connectivity index (χ1) is 14.9. The van der Waals surface area contributed by atoms with E-state index >= 15 is 0 Å². The van der Waals surface area contributed by atoms with Crippen LogP contribution in [-0.4, -0.2) is 48.2 Å². The molecule has 0 fully saturated rings. The van der Waals surface area contributed by atoms with Gasteiger partial charge in [0.15, 0.2) is 11.5 Å². The molecule has 31 heavy (non-hydrogen) atoms. The first-order valence-electron chi connectivity index (χ1n) is 10.6. The largest absolute Gasteiger partial charge is 0.481 e. The Morgan fingerprint density at radius 1 is 0.871 bits per heavy atom. The van der Waals surface area contributed by atoms with Crippen LogP contribution in [-0.2, 0) is 4.79 Å². The topological polar surface area (TPSA) is 73.3 Å². The van der Waals surface area contributed by atoms with Gasteiger partial charge in [0.05, 0.1) is 11.4 Å². The van der Waals surface area contributed by atoms with Gasteiger partial charge in [-0.2, -0.15) is 0 Å². The Morgan fingerprint density at radius 2 is 1.32 bits per heavy atom. The molecule has 2 aromatic carbocycles. The summed E-state index contributed by atoms with van der Waals surface area (Å²) >= 11 is 0.768. The number of fused-ring (bicyclic) bond motifs is 2. The molecule has 1 aliphatic rings. The standard InChI is InChI=1S/C23H29N3O4S/c1-5-24(6-2)16-9-11-18-20(13-16)30-21-14-17(25(7-3)8-4)10-12-19(21)26(18)23(29)31-15-22(27)28/h9-14H,5-8,15H2,1-4H3,(H,27,28). The van der Waals surface area contributed by atoms with Crippen LogP contribution in [0.1, 0.15) is 27.7 Å². The van der Waals surface area contributed by atoms with E-state index < -0.39 is 5.97 Å². The Kier molecular flexibility index (Phi) is 7.33. The number of hydrogen-bond donors (Lipinski definition) is 1. The molecule has 0 spiro atoms. The molecular formula is C23H29N3O4S. The summed E-state index contributed by atoms with van der Waals surface area (Å²) in [6.45, 7) is 11.8. The number of aliphatic carboxylic acids is 1. The Labute approximate surface area is 187 Å². The quantitative estimate of drug-likeness (QED) is 0.572. The summed E-state index contributed by atoms with van der Waals surface area (Å²) in [5.74, 6) is -0.160. The monoisotopic (exact) mass is 443 g/mol. The molecule has 8 heteroatoms. The molecule has 1 aliphatic heterocycles. The van der Waals surface area contributed by atoms with Gasteiger partial charge in [0, 0.05) is 49.7 Å². The van der Waals surface area contributed by atoms with E-state index in [9.17, 15) is 9.59 Å². The maximum atomic E-state index is 13.0. The van der Waals surface area contributed by atoms with Crippen molar-refractivity contribution in [1.82, 2.24) is 0 Å². The molecule has 1 amide bonds. The highest BCUT2D eigenvalue weighted by Crippen LogP contribution is 2.50. The van der Waals surface area contributed by atoms with Crippen LogP contribution in [0.3, 0.4) is 0 Å². The van der Waals surface area contributed by atoms with Gasteiger partial charge in [0.25, 0.3) is 5.24 Å². The fourth-order valence-corrected chi connectivity index (χ4v) is 4.32. The zero-order valence-electron chi connectivity index (χ0n) is 18.4. The van der Waals surface area contributed by atoms with Gasteiger partial charge in [-0.3, -0.25) is 14.5 Å². The van der Waals surface area contributed by atoms with Crippen molar-refractivity contribution >= 4 is 45.7 Å². The van der Waals surface area contributed by atoms with Crippen molar-refractivity contribution in [2.75, 3.05) is 46.6 Å². The normalized spacial score (nSPS) is 11.9. The van der Waals surface area contributed by atoms with Crippen LogP contribution in [0.2, 0.25) is 0 Å². The Hall–Kier alpha value is -2.87. The third-order valence-corrected chi connectivity index (χ3v) is 6.17. The summed E-state index contributed by atoms with van der Waals surface area (Å²) in [7, 11) is 0. The Balaban J connectivity index is 2.08. The lowest BCUT2D eigenvalue weighted by Gasteiger charge is -2.33. The molecular weight excluding hydrogens is 414 g/mol. The van der Waals surface area contributed by atoms with Gasteiger partial charge in [0.2, 0.25) is 0 Å². The number of amides is 1. The average molecular weight is 444 g/mol. The number of thioether (sulfide) groups is 1. The summed E-state index contributed by atoms with van der Waals surface area (Å²) in [5.41, 5.74) is 3.25. The van der Waals surface area contributed by atoms with E-state index in [1.165, 1.54) is 0 Å². The third kappa shape index (κ3) is 4.74. The summed E-state index contributed by atoms with van der Waals surface area (Å²) in [6, 6.07) is 11.5. The van der Waals surface area contributed by atoms with Crippen LogP contribution in [0.5, 0.6) is 11.5 Å². The van der Waals surface area contributed by atoms with Gasteiger partial charge in [-0.05, 0) is 52.0 Å². The van der Waals surface area contributed by atoms with Crippen molar-refractivity contribution in [3.63, 3.8) is 0 Å². The summed E-state index contributed by atoms with van der Waals surface area (Å²) in [6.07, 6.45) is 0. The van der Waals surface area contributed by atoms with E-state index in [4.69, 9.17) is 9.84 Å². The molecule has 0 atom stereocenters. The molecule has 0 aliphatic carbocycles. The van der Waals surface area contributed by atoms with E-state index in [2.05, 4.69) is 37.5 Å². The molecule has 0 aromatic heterocycles. The van der Waals surface area contributed by atoms with Crippen LogP contribution in [0.15, 0.2) is 36.4 Å². The minimum absolute atomic E-state index is 0.296. The van der Waals surface area contributed by atoms with Crippen molar-refractivity contribution in [2.45, 2.75) is 27.7 Å². The molecule has 0 radical (unpaired) electrons. The number of carbonyl (C=O) groups is 2. The van der Waals surface area contributed by atoms with Gasteiger partial charge in [-0.25, -0.2) is 0 Å². The molecule has 0 saturated carbocycles. The van der Waals surface area contributed by atoms with Gasteiger partial charge >= 0.3 is 5.97 Å². The van der Waals surface area contributed by atoms with Crippen molar-refractivity contribution in [3.05, 3.63) is 36.4 Å². The number of anilines is 4. The summed E-state index contributed by atoms with van der Waals surface area (Å²) in [4.78, 5) is 30.0. The molecule has 7 nitrogen and oxygen atoms in total. The molecule has 166 valence electrons. The number of carboxylic acid groups (broad SMARTS) is 1. The predicted octanol–water partition coefficient (Wildman–Crippen LogP) is 5.56. The highest BCUT2D eigenvalue weighted by molar-refractivity contribution is 8.14. The van der Waals surface area contributed by atoms with Gasteiger partial charge in [-0.1, -0.05) is 11.8 Å². The van der Waals surface area contributed by atoms with E-state index in [0.717, 1.165) is 49.3 Å². The average Bonchev–Trinajstić information content (AvgIpc) is 2.77. The van der Waals surface area contributed by atoms with Crippen molar-refractivity contribution in [1.29, 1.82) is 0 Å². The SMILES string of the molecule is CCN(CC)c1ccc2c(c1)Oc1cc(N(CC)CC)ccc1N2C(=O)SCC(=O)O. The fraction of sp³-hybridized carbons (Fsp3) is 0.391. The van der Waals surface area contributed by atoms with Crippen LogP contribution in [0, 0.1) is 0 Å². The minimum atomic E-state index is -1.03. The number of nitrogens with zero attached hydrogens (tertiary/aromatic N) is 3. The molecule has 0 unspecified atom stereocenters. The summed E-state index contributed by atoms with van der Waals surface area (Å²) < 4.78 is 6.27. The molecule has 0 bridgehead atoms. The first kappa shape index (κ1) is 22.8. The number of carbonyl (C=O) groups excluding carboxylic acids is 1. The lowest BCUT2D eigenvalue weighted by atomic mass is 10.1. The second-order valence-corrected chi connectivity index (χ2v) is 7.96. The van der Waals surface area contributed by atoms with Crippen LogP contribution in [0.4, 0.5) is 27.5 Å². The maximum absolute atomic E-state index is 13.0. The zero-order valence-corrected chi connectivity index (χ0v) is 19.2. The van der Waals surface area contributed by atoms with E-state index in [1.54, 1.807) is 4.90 Å². The van der Waals surface area contributed by atoms with Gasteiger partial charge in [-0.15, -0.1) is 0 Å². The fourth-order valence-electron chi connectivity index (χ4n) is 3.74. The third-order valence-electron chi connectivity index (χ3n) is 5.35. The van der Waals surface area contributed by atoms with Crippen molar-refractivity contribution < 1.29 is 19.4 Å². The van der Waals surface area contributed by atoms with Crippen LogP contribution in [0.25, 0.3) is 0 Å². The molecule has 0 saturated heterocycles. The molecule has 1 heterocycles. The maximum Gasteiger partial charge on any atom is 0.314 e. The predicted molar refractivity (Wildman–Crippen MR) is 128 cm³/mol. The highest BCUT2D eigenvalue weighted by Gasteiger charge is 2.31. The Bertz CT molecular complexity index is 896. The second kappa shape index (κ2) is 9.96. The van der Waals surface area contributed by atoms with Crippen molar-refractivity contribution in [2.24, 2.45) is 0 Å². The first-order valence-corrected chi connectivity index (χ1v) is 11.6. The molecule has 3 rings (SSSR count). The lowest BCUT2D eigenvalue weighted by Crippen LogP contribution is -2.27. The Morgan fingerprint density at radius 3 is 1.71 bits per heavy atom. The van der Waals surface area contributed by atoms with Crippen molar-refractivity contribution in [3.8, 4) is 11.5 Å². The lowest BCUT2D eigenvalue weighted by molar-refractivity contribution is -0.133. The molecule has 2 aromatic rings. The second-order valence-electron chi connectivity index (χ2n) is 7.03. The number of hydrogen-bond acceptors (Lipinski definition) is 6. The smallest absolute Gasteiger partial charge is 0.314 e. The minimum Gasteiger partial charge on any atom is -0.481 e. The van der Waals surface area contributed by atoms with E-state index in [0.29, 0.717) is 22.9 Å². The number of carboxylic acids is 1. The number of rotatable bonds is 8. The van der Waals surface area contributed by atoms with Gasteiger partial charge < -0.3 is 19.6 Å². The number of benzene rings is 2. The van der Waals surface area contributed by atoms with Crippen LogP contribution < -0.4 is 19.4 Å². The van der Waals surface area contributed by atoms with E-state index in [1.807, 2.05) is 36.4 Å². The highest BCUT2D eigenvalue weighted by atomic mass is 32.2. The van der Waals surface area contributed by atoms with Gasteiger partial charge in [0.1, 0.15) is 5.75 Å². The molecule has 1 N–H and O–H groups in total. The van der Waals surface area contributed by atoms with E-state index in [-0.39, 0.29) is 11.0 Å². The zero-order chi connectivity index (χ0) is 22.5. The summed E-state index contributed by atoms with van der Waals surface area (Å²) in [5, 5.41) is 8.68. The van der Waals surface area contributed by atoms with Crippen LogP contribution >= 0.6 is 11.8 Å².